The molecule has 5 nitrogen and oxygen atoms in total. The SMILES string of the molecule is CCC(C)n1cccc(-c2nnc(NC)s2)c1=O. The van der Waals surface area contributed by atoms with Gasteiger partial charge in [-0.05, 0) is 25.5 Å². The zero-order chi connectivity index (χ0) is 13.1. The predicted molar refractivity (Wildman–Crippen MR) is 74.2 cm³/mol. The monoisotopic (exact) mass is 264 g/mol. The molecule has 0 bridgehead atoms. The molecule has 0 amide bonds. The Morgan fingerprint density at radius 3 is 2.89 bits per heavy atom. The molecule has 0 fully saturated rings. The van der Waals surface area contributed by atoms with Gasteiger partial charge in [0.25, 0.3) is 5.56 Å². The third kappa shape index (κ3) is 2.28. The number of hydrogen-bond donors (Lipinski definition) is 1. The van der Waals surface area contributed by atoms with Gasteiger partial charge < -0.3 is 9.88 Å². The number of nitrogens with one attached hydrogen (secondary N) is 1. The fourth-order valence-corrected chi connectivity index (χ4v) is 2.36. The highest BCUT2D eigenvalue weighted by Crippen LogP contribution is 2.23. The van der Waals surface area contributed by atoms with Crippen molar-refractivity contribution in [3.63, 3.8) is 0 Å². The van der Waals surface area contributed by atoms with E-state index in [-0.39, 0.29) is 11.6 Å². The minimum atomic E-state index is -0.00865. The van der Waals surface area contributed by atoms with Crippen LogP contribution in [0.5, 0.6) is 0 Å². The molecule has 2 aromatic heterocycles. The fraction of sp³-hybridized carbons (Fsp3) is 0.417. The average Bonchev–Trinajstić information content (AvgIpc) is 2.86. The maximum absolute atomic E-state index is 12.3. The van der Waals surface area contributed by atoms with Gasteiger partial charge in [0.05, 0.1) is 5.56 Å². The summed E-state index contributed by atoms with van der Waals surface area (Å²) in [5.41, 5.74) is 0.599. The molecule has 0 aliphatic heterocycles. The van der Waals surface area contributed by atoms with Crippen LogP contribution in [0.1, 0.15) is 26.3 Å². The highest BCUT2D eigenvalue weighted by Gasteiger charge is 2.13. The molecular weight excluding hydrogens is 248 g/mol. The van der Waals surface area contributed by atoms with Crippen LogP contribution in [0, 0.1) is 0 Å². The molecule has 0 saturated carbocycles. The Bertz CT molecular complexity index is 590. The van der Waals surface area contributed by atoms with E-state index in [0.29, 0.717) is 15.7 Å². The minimum absolute atomic E-state index is 0.00865. The molecule has 18 heavy (non-hydrogen) atoms. The maximum Gasteiger partial charge on any atom is 0.261 e. The Labute approximate surface area is 110 Å². The van der Waals surface area contributed by atoms with Crippen LogP contribution < -0.4 is 10.9 Å². The average molecular weight is 264 g/mol. The number of rotatable bonds is 4. The summed E-state index contributed by atoms with van der Waals surface area (Å²) in [6, 6.07) is 3.86. The summed E-state index contributed by atoms with van der Waals surface area (Å²) in [6.07, 6.45) is 2.74. The summed E-state index contributed by atoms with van der Waals surface area (Å²) in [7, 11) is 1.78. The van der Waals surface area contributed by atoms with Gasteiger partial charge in [-0.3, -0.25) is 4.79 Å². The van der Waals surface area contributed by atoms with Crippen molar-refractivity contribution < 1.29 is 0 Å². The standard InChI is InChI=1S/C12H16N4OS/c1-4-8(2)16-7-5-6-9(11(16)17)10-14-15-12(13-3)18-10/h5-8H,4H2,1-3H3,(H,13,15). The second-order valence-corrected chi connectivity index (χ2v) is 5.03. The van der Waals surface area contributed by atoms with Crippen LogP contribution in [0.25, 0.3) is 10.6 Å². The van der Waals surface area contributed by atoms with Crippen LogP contribution in [0.4, 0.5) is 5.13 Å². The first-order valence-electron chi connectivity index (χ1n) is 5.90. The number of aromatic nitrogens is 3. The van der Waals surface area contributed by atoms with Gasteiger partial charge >= 0.3 is 0 Å². The van der Waals surface area contributed by atoms with Crippen LogP contribution in [0.2, 0.25) is 0 Å². The summed E-state index contributed by atoms with van der Waals surface area (Å²) >= 11 is 1.38. The molecule has 6 heteroatoms. The summed E-state index contributed by atoms with van der Waals surface area (Å²) in [5, 5.41) is 12.3. The van der Waals surface area contributed by atoms with Gasteiger partial charge in [0.15, 0.2) is 5.01 Å². The molecule has 0 aliphatic rings. The Morgan fingerprint density at radius 1 is 1.50 bits per heavy atom. The Hall–Kier alpha value is -1.69. The van der Waals surface area contributed by atoms with Crippen molar-refractivity contribution in [1.29, 1.82) is 0 Å². The van der Waals surface area contributed by atoms with Crippen LogP contribution >= 0.6 is 11.3 Å². The maximum atomic E-state index is 12.3. The van der Waals surface area contributed by atoms with E-state index in [9.17, 15) is 4.79 Å². The highest BCUT2D eigenvalue weighted by molar-refractivity contribution is 7.18. The van der Waals surface area contributed by atoms with Crippen molar-refractivity contribution in [3.8, 4) is 10.6 Å². The van der Waals surface area contributed by atoms with Crippen molar-refractivity contribution in [2.45, 2.75) is 26.3 Å². The molecule has 2 heterocycles. The molecule has 2 rings (SSSR count). The van der Waals surface area contributed by atoms with E-state index < -0.39 is 0 Å². The number of anilines is 1. The van der Waals surface area contributed by atoms with E-state index in [4.69, 9.17) is 0 Å². The molecule has 0 aromatic carbocycles. The van der Waals surface area contributed by atoms with E-state index in [2.05, 4.69) is 22.4 Å². The first-order chi connectivity index (χ1) is 8.67. The van der Waals surface area contributed by atoms with Crippen molar-refractivity contribution in [2.24, 2.45) is 0 Å². The fourth-order valence-electron chi connectivity index (χ4n) is 1.65. The third-order valence-corrected chi connectivity index (χ3v) is 3.88. The van der Waals surface area contributed by atoms with Crippen LogP contribution in [0.15, 0.2) is 23.1 Å². The highest BCUT2D eigenvalue weighted by atomic mass is 32.1. The molecule has 1 unspecified atom stereocenters. The largest absolute Gasteiger partial charge is 0.363 e. The molecule has 2 aromatic rings. The third-order valence-electron chi connectivity index (χ3n) is 2.91. The van der Waals surface area contributed by atoms with Gasteiger partial charge in [-0.1, -0.05) is 18.3 Å². The van der Waals surface area contributed by atoms with Gasteiger partial charge in [0.1, 0.15) is 0 Å². The Morgan fingerprint density at radius 2 is 2.28 bits per heavy atom. The second-order valence-electron chi connectivity index (χ2n) is 4.05. The molecule has 0 saturated heterocycles. The zero-order valence-electron chi connectivity index (χ0n) is 10.7. The lowest BCUT2D eigenvalue weighted by molar-refractivity contribution is 0.515. The summed E-state index contributed by atoms with van der Waals surface area (Å²) in [4.78, 5) is 12.3. The lowest BCUT2D eigenvalue weighted by Crippen LogP contribution is -2.23. The number of hydrogen-bond acceptors (Lipinski definition) is 5. The van der Waals surface area contributed by atoms with Gasteiger partial charge in [-0.15, -0.1) is 10.2 Å². The molecule has 0 radical (unpaired) electrons. The van der Waals surface area contributed by atoms with E-state index in [1.165, 1.54) is 11.3 Å². The van der Waals surface area contributed by atoms with Gasteiger partial charge in [-0.2, -0.15) is 0 Å². The van der Waals surface area contributed by atoms with Crippen molar-refractivity contribution in [3.05, 3.63) is 28.7 Å². The molecule has 0 spiro atoms. The molecule has 0 aliphatic carbocycles. The topological polar surface area (TPSA) is 59.8 Å². The lowest BCUT2D eigenvalue weighted by Gasteiger charge is -2.13. The van der Waals surface area contributed by atoms with Crippen LogP contribution in [-0.2, 0) is 0 Å². The normalized spacial score (nSPS) is 12.4. The van der Waals surface area contributed by atoms with E-state index in [1.807, 2.05) is 19.2 Å². The first kappa shape index (κ1) is 12.8. The smallest absolute Gasteiger partial charge is 0.261 e. The zero-order valence-corrected chi connectivity index (χ0v) is 11.5. The van der Waals surface area contributed by atoms with E-state index >= 15 is 0 Å². The van der Waals surface area contributed by atoms with Crippen molar-refractivity contribution in [2.75, 3.05) is 12.4 Å². The molecule has 1 atom stereocenters. The van der Waals surface area contributed by atoms with Gasteiger partial charge in [0, 0.05) is 19.3 Å². The van der Waals surface area contributed by atoms with E-state index in [1.54, 1.807) is 17.7 Å². The summed E-state index contributed by atoms with van der Waals surface area (Å²) < 4.78 is 1.75. The minimum Gasteiger partial charge on any atom is -0.363 e. The second kappa shape index (κ2) is 5.30. The van der Waals surface area contributed by atoms with Crippen molar-refractivity contribution in [1.82, 2.24) is 14.8 Å². The molecule has 96 valence electrons. The number of pyridine rings is 1. The molecular formula is C12H16N4OS. The summed E-state index contributed by atoms with van der Waals surface area (Å²) in [6.45, 7) is 4.10. The van der Waals surface area contributed by atoms with E-state index in [0.717, 1.165) is 6.42 Å². The Kier molecular flexibility index (Phi) is 3.76. The predicted octanol–water partition coefficient (Wildman–Crippen LogP) is 2.38. The van der Waals surface area contributed by atoms with Crippen LogP contribution in [0.3, 0.4) is 0 Å². The van der Waals surface area contributed by atoms with Crippen LogP contribution in [-0.4, -0.2) is 21.8 Å². The van der Waals surface area contributed by atoms with Crippen molar-refractivity contribution >= 4 is 16.5 Å². The molecule has 1 N–H and O–H groups in total. The first-order valence-corrected chi connectivity index (χ1v) is 6.71. The quantitative estimate of drug-likeness (QED) is 0.921. The van der Waals surface area contributed by atoms with Gasteiger partial charge in [0.2, 0.25) is 5.13 Å². The lowest BCUT2D eigenvalue weighted by atomic mass is 10.2. The van der Waals surface area contributed by atoms with Gasteiger partial charge in [-0.25, -0.2) is 0 Å². The summed E-state index contributed by atoms with van der Waals surface area (Å²) in [5.74, 6) is 0. The number of nitrogens with zero attached hydrogens (tertiary/aromatic N) is 3. The Balaban J connectivity index is 2.49.